The number of nitriles is 1. The number of pyridine rings is 1. The Balaban J connectivity index is 2.38. The van der Waals surface area contributed by atoms with E-state index in [1.165, 1.54) is 5.56 Å². The molecule has 1 atom stereocenters. The van der Waals surface area contributed by atoms with Gasteiger partial charge in [0.25, 0.3) is 0 Å². The molecule has 1 heterocycles. The minimum atomic E-state index is -0.0386. The molecule has 0 aromatic carbocycles. The third-order valence-electron chi connectivity index (χ3n) is 2.53. The standard InChI is InChI=1S/C14H21N3S/c1-4-6-16-13(10-15)5-7-18-14-9-11(2)8-12(3)17-14/h8-9,13,16H,4-7H2,1-3H3. The average Bonchev–Trinajstić information content (AvgIpc) is 2.32. The quantitative estimate of drug-likeness (QED) is 0.768. The molecule has 0 spiro atoms. The first-order valence-corrected chi connectivity index (χ1v) is 7.35. The number of aromatic nitrogens is 1. The van der Waals surface area contributed by atoms with Crippen molar-refractivity contribution >= 4 is 11.8 Å². The molecule has 1 aromatic heterocycles. The summed E-state index contributed by atoms with van der Waals surface area (Å²) in [5, 5.41) is 13.3. The summed E-state index contributed by atoms with van der Waals surface area (Å²) >= 11 is 1.72. The number of nitrogens with one attached hydrogen (secondary N) is 1. The van der Waals surface area contributed by atoms with Crippen molar-refractivity contribution in [2.75, 3.05) is 12.3 Å². The highest BCUT2D eigenvalue weighted by Gasteiger charge is 2.06. The monoisotopic (exact) mass is 263 g/mol. The molecule has 0 aliphatic heterocycles. The molecule has 0 fully saturated rings. The molecule has 98 valence electrons. The Bertz CT molecular complexity index is 392. The van der Waals surface area contributed by atoms with Crippen molar-refractivity contribution < 1.29 is 0 Å². The molecule has 0 bridgehead atoms. The molecule has 1 N–H and O–H groups in total. The van der Waals surface area contributed by atoms with Gasteiger partial charge < -0.3 is 5.32 Å². The Morgan fingerprint density at radius 1 is 1.44 bits per heavy atom. The maximum Gasteiger partial charge on any atom is 0.0965 e. The van der Waals surface area contributed by atoms with Gasteiger partial charge in [0.1, 0.15) is 0 Å². The highest BCUT2D eigenvalue weighted by molar-refractivity contribution is 7.99. The van der Waals surface area contributed by atoms with Gasteiger partial charge >= 0.3 is 0 Å². The molecule has 0 saturated carbocycles. The molecule has 0 saturated heterocycles. The van der Waals surface area contributed by atoms with Gasteiger partial charge in [-0.05, 0) is 50.9 Å². The lowest BCUT2D eigenvalue weighted by molar-refractivity contribution is 0.585. The van der Waals surface area contributed by atoms with Crippen LogP contribution in [0, 0.1) is 25.2 Å². The fourth-order valence-electron chi connectivity index (χ4n) is 1.69. The summed E-state index contributed by atoms with van der Waals surface area (Å²) < 4.78 is 0. The van der Waals surface area contributed by atoms with Crippen molar-refractivity contribution in [1.82, 2.24) is 10.3 Å². The summed E-state index contributed by atoms with van der Waals surface area (Å²) in [7, 11) is 0. The van der Waals surface area contributed by atoms with E-state index in [9.17, 15) is 0 Å². The molecule has 3 nitrogen and oxygen atoms in total. The van der Waals surface area contributed by atoms with Gasteiger partial charge in [0.15, 0.2) is 0 Å². The molecule has 0 aliphatic rings. The first-order valence-electron chi connectivity index (χ1n) is 6.36. The van der Waals surface area contributed by atoms with Crippen molar-refractivity contribution in [1.29, 1.82) is 5.26 Å². The zero-order valence-corrected chi connectivity index (χ0v) is 12.2. The zero-order chi connectivity index (χ0) is 13.4. The minimum absolute atomic E-state index is 0.0386. The summed E-state index contributed by atoms with van der Waals surface area (Å²) in [6, 6.07) is 6.43. The third kappa shape index (κ3) is 5.52. The second kappa shape index (κ2) is 8.12. The SMILES string of the molecule is CCCNC(C#N)CCSc1cc(C)cc(C)n1. The predicted octanol–water partition coefficient (Wildman–Crippen LogP) is 3.07. The summed E-state index contributed by atoms with van der Waals surface area (Å²) in [6.45, 7) is 7.11. The number of rotatable bonds is 7. The van der Waals surface area contributed by atoms with E-state index in [0.717, 1.165) is 35.9 Å². The molecular formula is C14H21N3S. The van der Waals surface area contributed by atoms with Gasteiger partial charge in [-0.2, -0.15) is 5.26 Å². The molecule has 4 heteroatoms. The van der Waals surface area contributed by atoms with E-state index in [-0.39, 0.29) is 6.04 Å². The van der Waals surface area contributed by atoms with Gasteiger partial charge in [-0.25, -0.2) is 4.98 Å². The highest BCUT2D eigenvalue weighted by Crippen LogP contribution is 2.18. The normalized spacial score (nSPS) is 12.1. The van der Waals surface area contributed by atoms with Gasteiger partial charge in [-0.3, -0.25) is 0 Å². The summed E-state index contributed by atoms with van der Waals surface area (Å²) in [5.74, 6) is 0.921. The van der Waals surface area contributed by atoms with Gasteiger partial charge in [-0.1, -0.05) is 6.92 Å². The first kappa shape index (κ1) is 15.0. The average molecular weight is 263 g/mol. The minimum Gasteiger partial charge on any atom is -0.302 e. The van der Waals surface area contributed by atoms with Crippen molar-refractivity contribution in [2.24, 2.45) is 0 Å². The van der Waals surface area contributed by atoms with Gasteiger partial charge in [-0.15, -0.1) is 11.8 Å². The van der Waals surface area contributed by atoms with E-state index < -0.39 is 0 Å². The second-order valence-corrected chi connectivity index (χ2v) is 5.51. The van der Waals surface area contributed by atoms with E-state index >= 15 is 0 Å². The zero-order valence-electron chi connectivity index (χ0n) is 11.4. The molecule has 1 aromatic rings. The highest BCUT2D eigenvalue weighted by atomic mass is 32.2. The lowest BCUT2D eigenvalue weighted by Gasteiger charge is -2.10. The van der Waals surface area contributed by atoms with Crippen LogP contribution in [0.3, 0.4) is 0 Å². The van der Waals surface area contributed by atoms with Crippen LogP contribution >= 0.6 is 11.8 Å². The maximum atomic E-state index is 9.00. The largest absolute Gasteiger partial charge is 0.302 e. The fourth-order valence-corrected chi connectivity index (χ4v) is 2.73. The van der Waals surface area contributed by atoms with Crippen LogP contribution in [0.5, 0.6) is 0 Å². The van der Waals surface area contributed by atoms with Crippen molar-refractivity contribution in [3.05, 3.63) is 23.4 Å². The van der Waals surface area contributed by atoms with Gasteiger partial charge in [0.2, 0.25) is 0 Å². The van der Waals surface area contributed by atoms with Crippen LogP contribution in [0.1, 0.15) is 31.0 Å². The molecule has 1 rings (SSSR count). The molecular weight excluding hydrogens is 242 g/mol. The number of aryl methyl sites for hydroxylation is 2. The van der Waals surface area contributed by atoms with Gasteiger partial charge in [0.05, 0.1) is 17.1 Å². The van der Waals surface area contributed by atoms with E-state index in [0.29, 0.717) is 0 Å². The fraction of sp³-hybridized carbons (Fsp3) is 0.571. The molecule has 18 heavy (non-hydrogen) atoms. The molecule has 1 unspecified atom stereocenters. The van der Waals surface area contributed by atoms with Crippen molar-refractivity contribution in [3.8, 4) is 6.07 Å². The Hall–Kier alpha value is -1.05. The Kier molecular flexibility index (Phi) is 6.77. The van der Waals surface area contributed by atoms with Crippen LogP contribution in [-0.4, -0.2) is 23.3 Å². The molecule has 0 aliphatic carbocycles. The van der Waals surface area contributed by atoms with Crippen LogP contribution in [0.2, 0.25) is 0 Å². The number of hydrogen-bond acceptors (Lipinski definition) is 4. The van der Waals surface area contributed by atoms with Crippen LogP contribution < -0.4 is 5.32 Å². The Morgan fingerprint density at radius 2 is 2.22 bits per heavy atom. The Labute approximate surface area is 114 Å². The predicted molar refractivity (Wildman–Crippen MR) is 76.7 cm³/mol. The van der Waals surface area contributed by atoms with Crippen molar-refractivity contribution in [3.63, 3.8) is 0 Å². The summed E-state index contributed by atoms with van der Waals surface area (Å²) in [6.07, 6.45) is 1.92. The van der Waals surface area contributed by atoms with Crippen LogP contribution in [0.15, 0.2) is 17.2 Å². The van der Waals surface area contributed by atoms with E-state index in [2.05, 4.69) is 42.4 Å². The van der Waals surface area contributed by atoms with E-state index in [4.69, 9.17) is 5.26 Å². The van der Waals surface area contributed by atoms with Crippen molar-refractivity contribution in [2.45, 2.75) is 44.7 Å². The first-order chi connectivity index (χ1) is 8.65. The number of hydrogen-bond donors (Lipinski definition) is 1. The van der Waals surface area contributed by atoms with E-state index in [1.54, 1.807) is 11.8 Å². The lowest BCUT2D eigenvalue weighted by Crippen LogP contribution is -2.28. The topological polar surface area (TPSA) is 48.7 Å². The Morgan fingerprint density at radius 3 is 2.83 bits per heavy atom. The lowest BCUT2D eigenvalue weighted by atomic mass is 10.2. The maximum absolute atomic E-state index is 9.00. The van der Waals surface area contributed by atoms with Crippen LogP contribution in [0.25, 0.3) is 0 Å². The van der Waals surface area contributed by atoms with Crippen LogP contribution in [-0.2, 0) is 0 Å². The summed E-state index contributed by atoms with van der Waals surface area (Å²) in [4.78, 5) is 4.48. The summed E-state index contributed by atoms with van der Waals surface area (Å²) in [5.41, 5.74) is 2.30. The molecule has 0 radical (unpaired) electrons. The second-order valence-electron chi connectivity index (χ2n) is 4.40. The third-order valence-corrected chi connectivity index (χ3v) is 3.47. The molecule has 0 amide bonds. The smallest absolute Gasteiger partial charge is 0.0965 e. The number of thioether (sulfide) groups is 1. The van der Waals surface area contributed by atoms with Gasteiger partial charge in [0, 0.05) is 11.4 Å². The number of nitrogens with zero attached hydrogens (tertiary/aromatic N) is 2. The van der Waals surface area contributed by atoms with Crippen LogP contribution in [0.4, 0.5) is 0 Å². The van der Waals surface area contributed by atoms with E-state index in [1.807, 2.05) is 6.92 Å².